The average Bonchev–Trinajstić information content (AvgIpc) is 3.67. The zero-order chi connectivity index (χ0) is 29.7. The molecule has 0 aliphatic heterocycles. The van der Waals surface area contributed by atoms with Gasteiger partial charge in [-0.1, -0.05) is 133 Å². The number of benzene rings is 6. The van der Waals surface area contributed by atoms with Crippen molar-refractivity contribution in [2.24, 2.45) is 0 Å². The summed E-state index contributed by atoms with van der Waals surface area (Å²) in [6.07, 6.45) is 4.51. The van der Waals surface area contributed by atoms with Crippen molar-refractivity contribution in [2.45, 2.75) is 0 Å². The Labute approximate surface area is 261 Å². The van der Waals surface area contributed by atoms with Crippen LogP contribution in [0.5, 0.6) is 11.6 Å². The fraction of sp³-hybridized carbons (Fsp3) is 0. The molecule has 0 N–H and O–H groups in total. The summed E-state index contributed by atoms with van der Waals surface area (Å²) in [4.78, 5) is 5.02. The first-order valence-electron chi connectivity index (χ1n) is 15.3. The Kier molecular flexibility index (Phi) is 5.85. The van der Waals surface area contributed by atoms with Gasteiger partial charge < -0.3 is 4.74 Å². The van der Waals surface area contributed by atoms with E-state index in [1.165, 1.54) is 49.4 Å². The van der Waals surface area contributed by atoms with Crippen molar-refractivity contribution < 1.29 is 4.74 Å². The van der Waals surface area contributed by atoms with E-state index in [1.54, 1.807) is 0 Å². The molecule has 0 bridgehead atoms. The Morgan fingerprint density at radius 1 is 0.356 bits per heavy atom. The number of rotatable bonds is 5. The lowest BCUT2D eigenvalue weighted by atomic mass is 9.89. The summed E-state index contributed by atoms with van der Waals surface area (Å²) in [5, 5.41) is 2.50. The minimum atomic E-state index is 0.580. The summed E-state index contributed by atoms with van der Waals surface area (Å²) in [5.41, 5.74) is 14.0. The van der Waals surface area contributed by atoms with Crippen molar-refractivity contribution in [3.63, 3.8) is 0 Å². The van der Waals surface area contributed by atoms with Gasteiger partial charge in [0.1, 0.15) is 5.75 Å². The van der Waals surface area contributed by atoms with E-state index in [1.807, 2.05) is 18.2 Å². The molecule has 0 saturated heterocycles. The van der Waals surface area contributed by atoms with Crippen LogP contribution >= 0.6 is 0 Å². The SMILES string of the molecule is C1=c2c(ccc3c2=Cc2nc(Oc4ccccc4-c4ccccc4-c4ccccc4-c4ccccc4)ccc2-3)-c2ccccc21. The number of pyridine rings is 1. The maximum absolute atomic E-state index is 6.60. The highest BCUT2D eigenvalue weighted by Gasteiger charge is 2.21. The quantitative estimate of drug-likeness (QED) is 0.205. The molecule has 9 rings (SSSR count). The molecule has 2 heteroatoms. The average molecular weight is 574 g/mol. The van der Waals surface area contributed by atoms with Gasteiger partial charge in [-0.25, -0.2) is 4.98 Å². The standard InChI is InChI=1S/C43H27NO/c1-2-12-28(13-3-1)30-15-6-7-17-32(30)33-18-8-9-19-34(33)38-20-10-11-21-42(38)45-43-25-24-37-36-23-22-35-31-16-5-4-14-29(31)26-39(35)40(36)27-41(37)44-43/h1-27H. The molecule has 0 amide bonds. The summed E-state index contributed by atoms with van der Waals surface area (Å²) in [7, 11) is 0. The van der Waals surface area contributed by atoms with Crippen LogP contribution in [0.25, 0.3) is 67.8 Å². The Balaban J connectivity index is 1.11. The van der Waals surface area contributed by atoms with Gasteiger partial charge >= 0.3 is 0 Å². The van der Waals surface area contributed by atoms with Crippen molar-refractivity contribution in [1.29, 1.82) is 0 Å². The predicted octanol–water partition coefficient (Wildman–Crippen LogP) is 9.49. The van der Waals surface area contributed by atoms with Crippen molar-refractivity contribution in [3.05, 3.63) is 173 Å². The lowest BCUT2D eigenvalue weighted by Gasteiger charge is -2.17. The molecule has 0 atom stereocenters. The van der Waals surface area contributed by atoms with E-state index in [0.717, 1.165) is 33.7 Å². The molecule has 0 radical (unpaired) electrons. The Bertz CT molecular complexity index is 2410. The highest BCUT2D eigenvalue weighted by molar-refractivity contribution is 5.93. The largest absolute Gasteiger partial charge is 0.438 e. The predicted molar refractivity (Wildman–Crippen MR) is 184 cm³/mol. The van der Waals surface area contributed by atoms with Crippen LogP contribution in [-0.4, -0.2) is 4.98 Å². The number of fused-ring (bicyclic) bond motifs is 7. The van der Waals surface area contributed by atoms with Gasteiger partial charge in [0, 0.05) is 17.2 Å². The number of nitrogens with zero attached hydrogens (tertiary/aromatic N) is 1. The van der Waals surface area contributed by atoms with Crippen LogP contribution in [-0.2, 0) is 0 Å². The Hall–Kier alpha value is -5.99. The van der Waals surface area contributed by atoms with Crippen LogP contribution in [0.15, 0.2) is 152 Å². The second-order valence-corrected chi connectivity index (χ2v) is 11.5. The van der Waals surface area contributed by atoms with E-state index >= 15 is 0 Å². The molecular weight excluding hydrogens is 546 g/mol. The van der Waals surface area contributed by atoms with E-state index in [0.29, 0.717) is 5.88 Å². The summed E-state index contributed by atoms with van der Waals surface area (Å²) >= 11 is 0. The molecule has 2 aliphatic rings. The fourth-order valence-corrected chi connectivity index (χ4v) is 6.86. The molecule has 6 aromatic carbocycles. The smallest absolute Gasteiger partial charge is 0.219 e. The lowest BCUT2D eigenvalue weighted by molar-refractivity contribution is 0.464. The van der Waals surface area contributed by atoms with E-state index in [2.05, 4.69) is 146 Å². The molecule has 0 unspecified atom stereocenters. The summed E-state index contributed by atoms with van der Waals surface area (Å²) in [6.45, 7) is 0. The van der Waals surface area contributed by atoms with Crippen molar-refractivity contribution in [2.75, 3.05) is 0 Å². The Morgan fingerprint density at radius 3 is 1.67 bits per heavy atom. The molecule has 0 spiro atoms. The minimum absolute atomic E-state index is 0.580. The van der Waals surface area contributed by atoms with Crippen LogP contribution < -0.4 is 15.2 Å². The van der Waals surface area contributed by atoms with Crippen LogP contribution in [0.3, 0.4) is 0 Å². The molecule has 2 nitrogen and oxygen atoms in total. The van der Waals surface area contributed by atoms with E-state index in [9.17, 15) is 0 Å². The third kappa shape index (κ3) is 4.22. The first-order valence-corrected chi connectivity index (χ1v) is 15.3. The number of hydrogen-bond donors (Lipinski definition) is 0. The lowest BCUT2D eigenvalue weighted by Crippen LogP contribution is -2.25. The van der Waals surface area contributed by atoms with Crippen molar-refractivity contribution in [3.8, 4) is 67.3 Å². The molecule has 1 heterocycles. The zero-order valence-corrected chi connectivity index (χ0v) is 24.4. The molecule has 2 aliphatic carbocycles. The first-order chi connectivity index (χ1) is 22.3. The zero-order valence-electron chi connectivity index (χ0n) is 24.4. The van der Waals surface area contributed by atoms with Gasteiger partial charge in [-0.05, 0) is 84.8 Å². The van der Waals surface area contributed by atoms with E-state index in [-0.39, 0.29) is 0 Å². The number of ether oxygens (including phenoxy) is 1. The third-order valence-electron chi connectivity index (χ3n) is 8.93. The van der Waals surface area contributed by atoms with E-state index in [4.69, 9.17) is 9.72 Å². The maximum atomic E-state index is 6.60. The van der Waals surface area contributed by atoms with Crippen LogP contribution in [0.2, 0.25) is 0 Å². The molecule has 7 aromatic rings. The molecular formula is C43H27NO. The molecule has 210 valence electrons. The molecule has 0 saturated carbocycles. The molecule has 1 aromatic heterocycles. The topological polar surface area (TPSA) is 22.1 Å². The van der Waals surface area contributed by atoms with Gasteiger partial charge in [-0.3, -0.25) is 0 Å². The maximum Gasteiger partial charge on any atom is 0.219 e. The monoisotopic (exact) mass is 573 g/mol. The fourth-order valence-electron chi connectivity index (χ4n) is 6.86. The second kappa shape index (κ2) is 10.3. The second-order valence-electron chi connectivity index (χ2n) is 11.5. The summed E-state index contributed by atoms with van der Waals surface area (Å²) < 4.78 is 6.60. The van der Waals surface area contributed by atoms with Gasteiger partial charge in [0.2, 0.25) is 5.88 Å². The van der Waals surface area contributed by atoms with Crippen LogP contribution in [0, 0.1) is 0 Å². The number of aromatic nitrogens is 1. The normalized spacial score (nSPS) is 11.9. The number of hydrogen-bond acceptors (Lipinski definition) is 2. The first kappa shape index (κ1) is 25.5. The Morgan fingerprint density at radius 2 is 0.889 bits per heavy atom. The van der Waals surface area contributed by atoms with Crippen molar-refractivity contribution in [1.82, 2.24) is 4.98 Å². The van der Waals surface area contributed by atoms with E-state index < -0.39 is 0 Å². The molecule has 0 fully saturated rings. The summed E-state index contributed by atoms with van der Waals surface area (Å²) in [6, 6.07) is 53.2. The number of para-hydroxylation sites is 1. The van der Waals surface area contributed by atoms with Gasteiger partial charge in [0.25, 0.3) is 0 Å². The highest BCUT2D eigenvalue weighted by atomic mass is 16.5. The third-order valence-corrected chi connectivity index (χ3v) is 8.93. The van der Waals surface area contributed by atoms with Gasteiger partial charge in [-0.2, -0.15) is 0 Å². The van der Waals surface area contributed by atoms with Crippen molar-refractivity contribution >= 4 is 12.2 Å². The van der Waals surface area contributed by atoms with Gasteiger partial charge in [0.05, 0.1) is 5.69 Å². The minimum Gasteiger partial charge on any atom is -0.438 e. The van der Waals surface area contributed by atoms with Crippen LogP contribution in [0.4, 0.5) is 0 Å². The summed E-state index contributed by atoms with van der Waals surface area (Å²) in [5.74, 6) is 1.35. The highest BCUT2D eigenvalue weighted by Crippen LogP contribution is 2.42. The molecule has 45 heavy (non-hydrogen) atoms. The van der Waals surface area contributed by atoms with Crippen LogP contribution in [0.1, 0.15) is 11.3 Å². The van der Waals surface area contributed by atoms with Gasteiger partial charge in [-0.15, -0.1) is 0 Å². The van der Waals surface area contributed by atoms with Gasteiger partial charge in [0.15, 0.2) is 0 Å².